The Hall–Kier alpha value is -1.69. The van der Waals surface area contributed by atoms with E-state index in [0.29, 0.717) is 12.8 Å². The Balaban J connectivity index is 1.20. The number of aliphatic hydroxyl groups is 3. The van der Waals surface area contributed by atoms with Crippen LogP contribution in [0.5, 0.6) is 0 Å². The average Bonchev–Trinajstić information content (AvgIpc) is 3.80. The van der Waals surface area contributed by atoms with Crippen molar-refractivity contribution < 1.29 is 48.7 Å². The second-order valence-electron chi connectivity index (χ2n) is 17.8. The molecule has 6 fully saturated rings. The molecule has 0 aromatic heterocycles. The minimum atomic E-state index is -1.34. The van der Waals surface area contributed by atoms with Gasteiger partial charge in [-0.3, -0.25) is 14.4 Å². The van der Waals surface area contributed by atoms with Gasteiger partial charge in [-0.25, -0.2) is 0 Å². The zero-order chi connectivity index (χ0) is 34.3. The van der Waals surface area contributed by atoms with Crippen LogP contribution >= 0.6 is 0 Å². The van der Waals surface area contributed by atoms with Gasteiger partial charge in [0.1, 0.15) is 36.3 Å². The molecule has 0 aromatic rings. The first kappa shape index (κ1) is 33.8. The van der Waals surface area contributed by atoms with Gasteiger partial charge in [0.2, 0.25) is 0 Å². The third-order valence-electron chi connectivity index (χ3n) is 14.7. The third kappa shape index (κ3) is 4.46. The molecule has 10 heteroatoms. The van der Waals surface area contributed by atoms with Crippen LogP contribution in [0.1, 0.15) is 100 Å². The SMILES string of the molecule is CC(=O)O[C@@H]1C[C@@]23C[C@@]24CC[C@H](O[C@@H]2OC[C@@H](O)[C@H](O)[C@H]2O)C(C)(C)[C@@H]4CC=C3[C@]2(C)CC(=O)[C@H]([C@H](C)CC(=O)C3OC3(C)C)[C@@]12C. The fourth-order valence-corrected chi connectivity index (χ4v) is 12.3. The first-order valence-corrected chi connectivity index (χ1v) is 17.7. The quantitative estimate of drug-likeness (QED) is 0.210. The monoisotopic (exact) mass is 658 g/mol. The summed E-state index contributed by atoms with van der Waals surface area (Å²) in [6, 6.07) is 0. The summed E-state index contributed by atoms with van der Waals surface area (Å²) in [5, 5.41) is 30.8. The zero-order valence-electron chi connectivity index (χ0n) is 29.2. The number of esters is 1. The van der Waals surface area contributed by atoms with Crippen LogP contribution in [-0.2, 0) is 33.3 Å². The lowest BCUT2D eigenvalue weighted by atomic mass is 9.44. The van der Waals surface area contributed by atoms with E-state index in [-0.39, 0.29) is 64.7 Å². The summed E-state index contributed by atoms with van der Waals surface area (Å²) in [4.78, 5) is 40.2. The maximum Gasteiger partial charge on any atom is 0.302 e. The number of rotatable bonds is 7. The summed E-state index contributed by atoms with van der Waals surface area (Å²) in [5.74, 6) is -0.579. The Bertz CT molecular complexity index is 1400. The van der Waals surface area contributed by atoms with Crippen molar-refractivity contribution in [3.63, 3.8) is 0 Å². The summed E-state index contributed by atoms with van der Waals surface area (Å²) < 4.78 is 24.0. The molecule has 2 heterocycles. The van der Waals surface area contributed by atoms with E-state index < -0.39 is 59.2 Å². The summed E-state index contributed by atoms with van der Waals surface area (Å²) in [5.41, 5.74) is -0.862. The van der Waals surface area contributed by atoms with Crippen molar-refractivity contribution in [3.05, 3.63) is 11.6 Å². The van der Waals surface area contributed by atoms with E-state index in [2.05, 4.69) is 33.8 Å². The highest BCUT2D eigenvalue weighted by atomic mass is 16.7. The van der Waals surface area contributed by atoms with E-state index in [0.717, 1.165) is 25.7 Å². The van der Waals surface area contributed by atoms with E-state index in [4.69, 9.17) is 18.9 Å². The third-order valence-corrected chi connectivity index (χ3v) is 14.7. The van der Waals surface area contributed by atoms with E-state index in [1.165, 1.54) is 12.5 Å². The van der Waals surface area contributed by atoms with Gasteiger partial charge in [-0.1, -0.05) is 46.3 Å². The van der Waals surface area contributed by atoms with Gasteiger partial charge in [-0.15, -0.1) is 0 Å². The largest absolute Gasteiger partial charge is 0.462 e. The minimum absolute atomic E-state index is 0.0303. The van der Waals surface area contributed by atoms with Crippen molar-refractivity contribution >= 4 is 17.5 Å². The summed E-state index contributed by atoms with van der Waals surface area (Å²) >= 11 is 0. The molecule has 1 unspecified atom stereocenters. The lowest BCUT2D eigenvalue weighted by molar-refractivity contribution is -0.300. The molecule has 0 radical (unpaired) electrons. The minimum Gasteiger partial charge on any atom is -0.462 e. The number of hydrogen-bond acceptors (Lipinski definition) is 10. The van der Waals surface area contributed by atoms with Gasteiger partial charge in [0.05, 0.1) is 18.3 Å². The van der Waals surface area contributed by atoms with Crippen molar-refractivity contribution in [2.75, 3.05) is 6.61 Å². The molecule has 0 amide bonds. The lowest BCUT2D eigenvalue weighted by Gasteiger charge is -2.61. The summed E-state index contributed by atoms with van der Waals surface area (Å²) in [6.07, 6.45) is 1.06. The van der Waals surface area contributed by atoms with Crippen LogP contribution in [0.25, 0.3) is 0 Å². The fraction of sp³-hybridized carbons (Fsp3) is 0.865. The fourth-order valence-electron chi connectivity index (χ4n) is 12.3. The van der Waals surface area contributed by atoms with Crippen LogP contribution < -0.4 is 0 Å². The molecule has 14 atom stereocenters. The Morgan fingerprint density at radius 3 is 2.38 bits per heavy atom. The van der Waals surface area contributed by atoms with E-state index in [1.807, 2.05) is 20.8 Å². The second-order valence-corrected chi connectivity index (χ2v) is 17.8. The number of allylic oxidation sites excluding steroid dienone is 2. The second kappa shape index (κ2) is 10.4. The van der Waals surface area contributed by atoms with Crippen molar-refractivity contribution in [2.24, 2.45) is 44.8 Å². The van der Waals surface area contributed by atoms with Crippen LogP contribution in [0.4, 0.5) is 0 Å². The molecule has 3 N–H and O–H groups in total. The van der Waals surface area contributed by atoms with Crippen molar-refractivity contribution in [1.29, 1.82) is 0 Å². The molecular weight excluding hydrogens is 604 g/mol. The number of fused-ring (bicyclic) bond motifs is 2. The van der Waals surface area contributed by atoms with Crippen LogP contribution in [-0.4, -0.2) is 88.0 Å². The number of epoxide rings is 1. The van der Waals surface area contributed by atoms with Gasteiger partial charge in [-0.2, -0.15) is 0 Å². The molecule has 0 aromatic carbocycles. The van der Waals surface area contributed by atoms with Crippen LogP contribution in [0.15, 0.2) is 11.6 Å². The molecular formula is C37H54O10. The number of ketones is 2. The number of carbonyl (C=O) groups excluding carboxylic acids is 3. The predicted molar refractivity (Wildman–Crippen MR) is 169 cm³/mol. The van der Waals surface area contributed by atoms with Gasteiger partial charge in [0.25, 0.3) is 0 Å². The molecule has 4 saturated carbocycles. The first-order chi connectivity index (χ1) is 21.8. The number of ether oxygens (including phenoxy) is 4. The van der Waals surface area contributed by atoms with Gasteiger partial charge in [0, 0.05) is 41.9 Å². The lowest BCUT2D eigenvalue weighted by Crippen LogP contribution is -2.60. The van der Waals surface area contributed by atoms with E-state index in [1.54, 1.807) is 0 Å². The van der Waals surface area contributed by atoms with Crippen LogP contribution in [0, 0.1) is 44.8 Å². The van der Waals surface area contributed by atoms with Gasteiger partial charge in [-0.05, 0) is 68.6 Å². The normalized spacial score (nSPS) is 51.0. The number of Topliss-reactive ketones (excluding diaryl/α,β-unsaturated/α-hetero) is 2. The maximum atomic E-state index is 14.2. The molecule has 47 heavy (non-hydrogen) atoms. The molecule has 5 aliphatic carbocycles. The van der Waals surface area contributed by atoms with Gasteiger partial charge in [0.15, 0.2) is 12.1 Å². The molecule has 2 saturated heterocycles. The Labute approximate surface area is 277 Å². The zero-order valence-corrected chi connectivity index (χ0v) is 29.2. The molecule has 2 aliphatic heterocycles. The first-order valence-electron chi connectivity index (χ1n) is 17.7. The van der Waals surface area contributed by atoms with E-state index in [9.17, 15) is 29.7 Å². The summed E-state index contributed by atoms with van der Waals surface area (Å²) in [6.45, 7) is 15.9. The molecule has 10 nitrogen and oxygen atoms in total. The molecule has 0 bridgehead atoms. The Morgan fingerprint density at radius 2 is 1.74 bits per heavy atom. The van der Waals surface area contributed by atoms with Gasteiger partial charge >= 0.3 is 5.97 Å². The predicted octanol–water partition coefficient (Wildman–Crippen LogP) is 3.66. The topological polar surface area (TPSA) is 152 Å². The Kier molecular flexibility index (Phi) is 7.49. The standard InChI is InChI=1S/C37H54O10/c1-18(13-20(39)30-33(5,6)47-30)27-21(40)14-34(7)24-10-9-23-32(3,4)25(46-31-29(43)28(42)22(41)16-44-31)11-12-36(23)17-37(24,36)15-26(35(27,34)8)45-19(2)38/h10,18,22-23,25-31,41-43H,9,11-17H2,1-8H3/t18-,22-,23+,25+,26-,27+,28+,29-,30?,31+,34+,35-,36-,37+/m1/s1. The van der Waals surface area contributed by atoms with E-state index >= 15 is 0 Å². The smallest absolute Gasteiger partial charge is 0.302 e. The molecule has 7 rings (SSSR count). The highest BCUT2D eigenvalue weighted by Crippen LogP contribution is 2.88. The van der Waals surface area contributed by atoms with Crippen LogP contribution in [0.3, 0.4) is 0 Å². The number of hydrogen-bond donors (Lipinski definition) is 3. The summed E-state index contributed by atoms with van der Waals surface area (Å²) in [7, 11) is 0. The molecule has 2 spiro atoms. The highest BCUT2D eigenvalue weighted by Gasteiger charge is 2.83. The molecule has 262 valence electrons. The molecule has 7 aliphatic rings. The van der Waals surface area contributed by atoms with Crippen molar-refractivity contribution in [1.82, 2.24) is 0 Å². The van der Waals surface area contributed by atoms with Crippen molar-refractivity contribution in [3.8, 4) is 0 Å². The van der Waals surface area contributed by atoms with Crippen LogP contribution in [0.2, 0.25) is 0 Å². The average molecular weight is 659 g/mol. The Morgan fingerprint density at radius 1 is 1.06 bits per heavy atom. The number of aliphatic hydroxyl groups excluding tert-OH is 3. The maximum absolute atomic E-state index is 14.2. The highest BCUT2D eigenvalue weighted by molar-refractivity contribution is 5.90. The van der Waals surface area contributed by atoms with Gasteiger partial charge < -0.3 is 34.3 Å². The van der Waals surface area contributed by atoms with Crippen molar-refractivity contribution in [2.45, 2.75) is 149 Å². The number of carbonyl (C=O) groups is 3.